The summed E-state index contributed by atoms with van der Waals surface area (Å²) in [6.45, 7) is 3.99. The summed E-state index contributed by atoms with van der Waals surface area (Å²) in [4.78, 5) is 0. The molecule has 3 heteroatoms. The quantitative estimate of drug-likeness (QED) is 0.732. The van der Waals surface area contributed by atoms with E-state index in [0.717, 1.165) is 24.3 Å². The predicted molar refractivity (Wildman–Crippen MR) is 84.9 cm³/mol. The van der Waals surface area contributed by atoms with E-state index in [-0.39, 0.29) is 5.41 Å². The fourth-order valence-electron chi connectivity index (χ4n) is 3.06. The van der Waals surface area contributed by atoms with Crippen LogP contribution < -0.4 is 0 Å². The van der Waals surface area contributed by atoms with Crippen molar-refractivity contribution in [3.05, 3.63) is 34.9 Å². The molecule has 20 heavy (non-hydrogen) atoms. The van der Waals surface area contributed by atoms with E-state index >= 15 is 0 Å². The molecule has 0 atom stereocenters. The average Bonchev–Trinajstić information content (AvgIpc) is 2.39. The van der Waals surface area contributed by atoms with Gasteiger partial charge in [0, 0.05) is 22.6 Å². The molecule has 110 valence electrons. The van der Waals surface area contributed by atoms with Crippen LogP contribution in [0.15, 0.2) is 24.3 Å². The maximum atomic E-state index is 10.5. The molecule has 0 spiro atoms. The van der Waals surface area contributed by atoms with Crippen LogP contribution >= 0.6 is 11.6 Å². The Hall–Kier alpha value is -0.860. The van der Waals surface area contributed by atoms with Crippen LogP contribution in [0.1, 0.15) is 57.9 Å². The van der Waals surface area contributed by atoms with Crippen LogP contribution in [-0.2, 0) is 5.41 Å². The Kier molecular flexibility index (Phi) is 4.55. The molecule has 0 heterocycles. The molecule has 1 aromatic carbocycles. The summed E-state index contributed by atoms with van der Waals surface area (Å²) in [7, 11) is 0. The molecule has 1 aromatic rings. The molecule has 1 aliphatic rings. The molecule has 0 aromatic heterocycles. The Morgan fingerprint density at radius 2 is 1.80 bits per heavy atom. The van der Waals surface area contributed by atoms with E-state index in [1.54, 1.807) is 0 Å². The molecule has 0 saturated heterocycles. The molecule has 0 unspecified atom stereocenters. The summed E-state index contributed by atoms with van der Waals surface area (Å²) in [5.41, 5.74) is 0.958. The van der Waals surface area contributed by atoms with Gasteiger partial charge in [0.1, 0.15) is 0 Å². The van der Waals surface area contributed by atoms with Gasteiger partial charge < -0.3 is 10.5 Å². The zero-order valence-corrected chi connectivity index (χ0v) is 13.1. The Balaban J connectivity index is 2.23. The van der Waals surface area contributed by atoms with Crippen molar-refractivity contribution in [3.8, 4) is 0 Å². The molecule has 0 radical (unpaired) electrons. The first-order valence-electron chi connectivity index (χ1n) is 7.52. The zero-order chi connectivity index (χ0) is 14.8. The van der Waals surface area contributed by atoms with Crippen LogP contribution in [-0.4, -0.2) is 16.4 Å². The Morgan fingerprint density at radius 1 is 1.25 bits per heavy atom. The number of aliphatic hydroxyl groups is 1. The fourth-order valence-corrected chi connectivity index (χ4v) is 3.19. The van der Waals surface area contributed by atoms with E-state index in [2.05, 4.69) is 0 Å². The number of nitrogens with one attached hydrogen (secondary N) is 1. The van der Waals surface area contributed by atoms with Gasteiger partial charge in [0.2, 0.25) is 0 Å². The molecule has 0 amide bonds. The molecule has 2 rings (SSSR count). The second-order valence-electron chi connectivity index (χ2n) is 6.03. The van der Waals surface area contributed by atoms with E-state index in [4.69, 9.17) is 17.0 Å². The smallest absolute Gasteiger partial charge is 0.0694 e. The fraction of sp³-hybridized carbons (Fsp3) is 0.588. The number of benzene rings is 1. The average molecular weight is 294 g/mol. The van der Waals surface area contributed by atoms with E-state index in [0.29, 0.717) is 25.0 Å². The second-order valence-corrected chi connectivity index (χ2v) is 6.47. The van der Waals surface area contributed by atoms with Crippen LogP contribution in [0.25, 0.3) is 0 Å². The summed E-state index contributed by atoms with van der Waals surface area (Å²) in [5.74, 6) is 0. The van der Waals surface area contributed by atoms with Crippen LogP contribution in [0, 0.1) is 5.41 Å². The molecular weight excluding hydrogens is 270 g/mol. The number of hydrogen-bond donors (Lipinski definition) is 2. The van der Waals surface area contributed by atoms with Crippen LogP contribution in [0.2, 0.25) is 5.02 Å². The molecular formula is C17H24ClNO. The van der Waals surface area contributed by atoms with Crippen molar-refractivity contribution in [2.45, 2.75) is 63.4 Å². The molecule has 1 fully saturated rings. The Morgan fingerprint density at radius 3 is 2.20 bits per heavy atom. The van der Waals surface area contributed by atoms with Gasteiger partial charge in [-0.1, -0.05) is 44.0 Å². The second kappa shape index (κ2) is 5.87. The van der Waals surface area contributed by atoms with Crippen molar-refractivity contribution in [3.63, 3.8) is 0 Å². The first kappa shape index (κ1) is 15.5. The molecule has 0 aliphatic heterocycles. The summed E-state index contributed by atoms with van der Waals surface area (Å²) < 4.78 is 0. The standard InChI is InChI=1S/C17H24ClNO/c1-3-16(20,4-2)12-15(19)17(10-5-11-17)13-6-8-14(18)9-7-13/h6-9,19-20H,3-5,10-12H2,1-2H3. The third kappa shape index (κ3) is 2.77. The van der Waals surface area contributed by atoms with Gasteiger partial charge in [0.05, 0.1) is 5.60 Å². The van der Waals surface area contributed by atoms with Crippen molar-refractivity contribution in [1.82, 2.24) is 0 Å². The normalized spacial score (nSPS) is 17.6. The maximum Gasteiger partial charge on any atom is 0.0694 e. The van der Waals surface area contributed by atoms with Crippen molar-refractivity contribution in [1.29, 1.82) is 5.41 Å². The summed E-state index contributed by atoms with van der Waals surface area (Å²) >= 11 is 5.96. The van der Waals surface area contributed by atoms with Gasteiger partial charge in [-0.25, -0.2) is 0 Å². The molecule has 2 nitrogen and oxygen atoms in total. The first-order chi connectivity index (χ1) is 9.46. The monoisotopic (exact) mass is 293 g/mol. The van der Waals surface area contributed by atoms with Crippen molar-refractivity contribution in [2.24, 2.45) is 0 Å². The number of rotatable bonds is 6. The van der Waals surface area contributed by atoms with Crippen molar-refractivity contribution >= 4 is 17.3 Å². The minimum absolute atomic E-state index is 0.164. The maximum absolute atomic E-state index is 10.5. The van der Waals surface area contributed by atoms with Gasteiger partial charge in [-0.05, 0) is 43.4 Å². The number of hydrogen-bond acceptors (Lipinski definition) is 2. The van der Waals surface area contributed by atoms with E-state index in [1.807, 2.05) is 38.1 Å². The van der Waals surface area contributed by atoms with Gasteiger partial charge in [-0.2, -0.15) is 0 Å². The molecule has 0 bridgehead atoms. The van der Waals surface area contributed by atoms with E-state index < -0.39 is 5.60 Å². The lowest BCUT2D eigenvalue weighted by atomic mass is 9.60. The van der Waals surface area contributed by atoms with Crippen molar-refractivity contribution in [2.75, 3.05) is 0 Å². The lowest BCUT2D eigenvalue weighted by molar-refractivity contribution is 0.0372. The summed E-state index contributed by atoms with van der Waals surface area (Å²) in [6, 6.07) is 7.87. The third-order valence-electron chi connectivity index (χ3n) is 5.00. The van der Waals surface area contributed by atoms with E-state index in [1.165, 1.54) is 5.56 Å². The molecule has 1 aliphatic carbocycles. The SMILES string of the molecule is CCC(O)(CC)CC(=N)C1(c2ccc(Cl)cc2)CCC1. The highest BCUT2D eigenvalue weighted by Gasteiger charge is 2.44. The Labute approximate surface area is 126 Å². The highest BCUT2D eigenvalue weighted by molar-refractivity contribution is 6.30. The minimum Gasteiger partial charge on any atom is -0.390 e. The van der Waals surface area contributed by atoms with Crippen LogP contribution in [0.5, 0.6) is 0 Å². The lowest BCUT2D eigenvalue weighted by Crippen LogP contribution is -2.45. The summed E-state index contributed by atoms with van der Waals surface area (Å²) in [5, 5.41) is 19.8. The summed E-state index contributed by atoms with van der Waals surface area (Å²) in [6.07, 6.45) is 5.05. The van der Waals surface area contributed by atoms with Gasteiger partial charge in [0.15, 0.2) is 0 Å². The Bertz CT molecular complexity index is 472. The van der Waals surface area contributed by atoms with Gasteiger partial charge >= 0.3 is 0 Å². The highest BCUT2D eigenvalue weighted by atomic mass is 35.5. The first-order valence-corrected chi connectivity index (χ1v) is 7.90. The van der Waals surface area contributed by atoms with Crippen molar-refractivity contribution < 1.29 is 5.11 Å². The van der Waals surface area contributed by atoms with Crippen LogP contribution in [0.3, 0.4) is 0 Å². The lowest BCUT2D eigenvalue weighted by Gasteiger charge is -2.45. The largest absolute Gasteiger partial charge is 0.390 e. The minimum atomic E-state index is -0.730. The highest BCUT2D eigenvalue weighted by Crippen LogP contribution is 2.46. The molecule has 1 saturated carbocycles. The third-order valence-corrected chi connectivity index (χ3v) is 5.26. The molecule has 2 N–H and O–H groups in total. The zero-order valence-electron chi connectivity index (χ0n) is 12.4. The van der Waals surface area contributed by atoms with Gasteiger partial charge in [-0.3, -0.25) is 0 Å². The van der Waals surface area contributed by atoms with Crippen LogP contribution in [0.4, 0.5) is 0 Å². The predicted octanol–water partition coefficient (Wildman–Crippen LogP) is 4.72. The topological polar surface area (TPSA) is 44.1 Å². The van der Waals surface area contributed by atoms with Gasteiger partial charge in [0.25, 0.3) is 0 Å². The van der Waals surface area contributed by atoms with Gasteiger partial charge in [-0.15, -0.1) is 0 Å². The van der Waals surface area contributed by atoms with E-state index in [9.17, 15) is 5.11 Å². The number of halogens is 1.